The topological polar surface area (TPSA) is 51.2 Å². The van der Waals surface area contributed by atoms with Gasteiger partial charge in [0.2, 0.25) is 6.79 Å². The minimum atomic E-state index is -0.434. The Labute approximate surface area is 172 Å². The number of para-hydroxylation sites is 1. The van der Waals surface area contributed by atoms with E-state index in [1.807, 2.05) is 55.1 Å². The first-order chi connectivity index (χ1) is 14.1. The molecule has 1 unspecified atom stereocenters. The zero-order valence-corrected chi connectivity index (χ0v) is 17.1. The lowest BCUT2D eigenvalue weighted by atomic mass is 10.1. The molecule has 2 heterocycles. The molecule has 29 heavy (non-hydrogen) atoms. The zero-order valence-electron chi connectivity index (χ0n) is 17.1. The number of ether oxygens (including phenoxy) is 3. The normalized spacial score (nSPS) is 17.2. The summed E-state index contributed by atoms with van der Waals surface area (Å²) in [6.07, 6.45) is 0.224. The molecule has 2 aromatic rings. The highest BCUT2D eigenvalue weighted by Crippen LogP contribution is 2.32. The Hall–Kier alpha value is -2.73. The van der Waals surface area contributed by atoms with Crippen molar-refractivity contribution < 1.29 is 19.0 Å². The molecule has 1 amide bonds. The van der Waals surface area contributed by atoms with Gasteiger partial charge in [0.1, 0.15) is 5.75 Å². The Morgan fingerprint density at radius 1 is 1.07 bits per heavy atom. The average molecular weight is 396 g/mol. The minimum absolute atomic E-state index is 0.0819. The smallest absolute Gasteiger partial charge is 0.263 e. The first-order valence-corrected chi connectivity index (χ1v) is 10.3. The van der Waals surface area contributed by atoms with E-state index in [-0.39, 0.29) is 5.91 Å². The van der Waals surface area contributed by atoms with Crippen LogP contribution >= 0.6 is 0 Å². The summed E-state index contributed by atoms with van der Waals surface area (Å²) in [5.41, 5.74) is 2.25. The van der Waals surface area contributed by atoms with Crippen LogP contribution < -0.4 is 14.2 Å². The van der Waals surface area contributed by atoms with Crippen LogP contribution in [0.1, 0.15) is 24.5 Å². The SMILES string of the molecule is CCC(Oc1ccccc1C)C(=O)N1CCN(Cc2ccc3c(c2)OCO3)CC1. The maximum absolute atomic E-state index is 13.0. The summed E-state index contributed by atoms with van der Waals surface area (Å²) in [5, 5.41) is 0. The van der Waals surface area contributed by atoms with E-state index < -0.39 is 6.10 Å². The molecule has 0 aromatic heterocycles. The molecule has 2 aromatic carbocycles. The van der Waals surface area contributed by atoms with Gasteiger partial charge in [0.05, 0.1) is 0 Å². The van der Waals surface area contributed by atoms with Gasteiger partial charge in [-0.2, -0.15) is 0 Å². The Balaban J connectivity index is 1.31. The van der Waals surface area contributed by atoms with Crippen molar-refractivity contribution in [3.05, 3.63) is 53.6 Å². The summed E-state index contributed by atoms with van der Waals surface area (Å²) >= 11 is 0. The highest BCUT2D eigenvalue weighted by Gasteiger charge is 2.28. The third kappa shape index (κ3) is 4.48. The van der Waals surface area contributed by atoms with Crippen LogP contribution in [0.2, 0.25) is 0 Å². The number of amides is 1. The molecule has 0 N–H and O–H groups in total. The van der Waals surface area contributed by atoms with E-state index in [1.165, 1.54) is 5.56 Å². The van der Waals surface area contributed by atoms with Gasteiger partial charge in [-0.05, 0) is 42.7 Å². The summed E-state index contributed by atoms with van der Waals surface area (Å²) in [6, 6.07) is 13.9. The Morgan fingerprint density at radius 2 is 1.83 bits per heavy atom. The molecule has 1 fully saturated rings. The number of aryl methyl sites for hydroxylation is 1. The summed E-state index contributed by atoms with van der Waals surface area (Å²) < 4.78 is 16.9. The van der Waals surface area contributed by atoms with E-state index in [2.05, 4.69) is 11.0 Å². The number of benzene rings is 2. The minimum Gasteiger partial charge on any atom is -0.480 e. The lowest BCUT2D eigenvalue weighted by Gasteiger charge is -2.36. The molecule has 0 radical (unpaired) electrons. The quantitative estimate of drug-likeness (QED) is 0.750. The Morgan fingerprint density at radius 3 is 2.59 bits per heavy atom. The van der Waals surface area contributed by atoms with Gasteiger partial charge in [-0.15, -0.1) is 0 Å². The predicted molar refractivity (Wildman–Crippen MR) is 110 cm³/mol. The van der Waals surface area contributed by atoms with Crippen molar-refractivity contribution in [1.82, 2.24) is 9.80 Å². The number of piperazine rings is 1. The summed E-state index contributed by atoms with van der Waals surface area (Å²) in [6.45, 7) is 8.27. The standard InChI is InChI=1S/C23H28N2O4/c1-3-19(29-20-7-5-4-6-17(20)2)23(26)25-12-10-24(11-13-25)15-18-8-9-21-22(14-18)28-16-27-21/h4-9,14,19H,3,10-13,15-16H2,1-2H3. The van der Waals surface area contributed by atoms with Crippen molar-refractivity contribution in [2.75, 3.05) is 33.0 Å². The molecule has 0 spiro atoms. The summed E-state index contributed by atoms with van der Waals surface area (Å²) in [4.78, 5) is 17.3. The van der Waals surface area contributed by atoms with Crippen LogP contribution in [0.5, 0.6) is 17.2 Å². The number of fused-ring (bicyclic) bond motifs is 1. The van der Waals surface area contributed by atoms with Gasteiger partial charge in [0, 0.05) is 32.7 Å². The molecule has 1 atom stereocenters. The van der Waals surface area contributed by atoms with Crippen LogP contribution in [-0.2, 0) is 11.3 Å². The van der Waals surface area contributed by atoms with E-state index >= 15 is 0 Å². The van der Waals surface area contributed by atoms with E-state index in [4.69, 9.17) is 14.2 Å². The molecule has 6 heteroatoms. The Bertz CT molecular complexity index is 862. The van der Waals surface area contributed by atoms with E-state index in [1.54, 1.807) is 0 Å². The third-order valence-corrected chi connectivity index (χ3v) is 5.54. The second kappa shape index (κ2) is 8.74. The van der Waals surface area contributed by atoms with Gasteiger partial charge in [0.15, 0.2) is 17.6 Å². The fourth-order valence-electron chi connectivity index (χ4n) is 3.78. The highest BCUT2D eigenvalue weighted by molar-refractivity contribution is 5.81. The van der Waals surface area contributed by atoms with Crippen molar-refractivity contribution in [2.24, 2.45) is 0 Å². The second-order valence-corrected chi connectivity index (χ2v) is 7.57. The first-order valence-electron chi connectivity index (χ1n) is 10.3. The molecule has 2 aliphatic rings. The van der Waals surface area contributed by atoms with Crippen LogP contribution in [0, 0.1) is 6.92 Å². The number of carbonyl (C=O) groups excluding carboxylic acids is 1. The molecule has 0 aliphatic carbocycles. The maximum atomic E-state index is 13.0. The highest BCUT2D eigenvalue weighted by atomic mass is 16.7. The first kappa shape index (κ1) is 19.6. The van der Waals surface area contributed by atoms with Crippen molar-refractivity contribution in [3.63, 3.8) is 0 Å². The van der Waals surface area contributed by atoms with Crippen LogP contribution in [0.4, 0.5) is 0 Å². The van der Waals surface area contributed by atoms with E-state index in [9.17, 15) is 4.79 Å². The van der Waals surface area contributed by atoms with Crippen molar-refractivity contribution in [3.8, 4) is 17.2 Å². The van der Waals surface area contributed by atoms with Gasteiger partial charge in [-0.1, -0.05) is 31.2 Å². The number of carbonyl (C=O) groups is 1. The molecule has 4 rings (SSSR count). The Kier molecular flexibility index (Phi) is 5.90. The zero-order chi connectivity index (χ0) is 20.2. The third-order valence-electron chi connectivity index (χ3n) is 5.54. The molecule has 2 aliphatic heterocycles. The number of nitrogens with zero attached hydrogens (tertiary/aromatic N) is 2. The largest absolute Gasteiger partial charge is 0.480 e. The van der Waals surface area contributed by atoms with Gasteiger partial charge >= 0.3 is 0 Å². The van der Waals surface area contributed by atoms with Crippen LogP contribution in [0.15, 0.2) is 42.5 Å². The summed E-state index contributed by atoms with van der Waals surface area (Å²) in [5.74, 6) is 2.49. The maximum Gasteiger partial charge on any atom is 0.263 e. The van der Waals surface area contributed by atoms with Crippen molar-refractivity contribution in [2.45, 2.75) is 32.9 Å². The lowest BCUT2D eigenvalue weighted by molar-refractivity contribution is -0.140. The van der Waals surface area contributed by atoms with Crippen LogP contribution in [-0.4, -0.2) is 54.8 Å². The molecular formula is C23H28N2O4. The molecule has 1 saturated heterocycles. The van der Waals surface area contributed by atoms with Gasteiger partial charge in [0.25, 0.3) is 5.91 Å². The van der Waals surface area contributed by atoms with E-state index in [0.717, 1.165) is 55.5 Å². The van der Waals surface area contributed by atoms with Crippen LogP contribution in [0.3, 0.4) is 0 Å². The number of hydrogen-bond donors (Lipinski definition) is 0. The van der Waals surface area contributed by atoms with Gasteiger partial charge < -0.3 is 19.1 Å². The number of rotatable bonds is 6. The fourth-order valence-corrected chi connectivity index (χ4v) is 3.78. The van der Waals surface area contributed by atoms with Crippen LogP contribution in [0.25, 0.3) is 0 Å². The number of hydrogen-bond acceptors (Lipinski definition) is 5. The van der Waals surface area contributed by atoms with Gasteiger partial charge in [-0.3, -0.25) is 9.69 Å². The molecule has 0 bridgehead atoms. The van der Waals surface area contributed by atoms with E-state index in [0.29, 0.717) is 13.2 Å². The fraction of sp³-hybridized carbons (Fsp3) is 0.435. The molecule has 6 nitrogen and oxygen atoms in total. The van der Waals surface area contributed by atoms with Gasteiger partial charge in [-0.25, -0.2) is 0 Å². The second-order valence-electron chi connectivity index (χ2n) is 7.57. The monoisotopic (exact) mass is 396 g/mol. The molecule has 154 valence electrons. The average Bonchev–Trinajstić information content (AvgIpc) is 3.21. The van der Waals surface area contributed by atoms with Crippen molar-refractivity contribution >= 4 is 5.91 Å². The predicted octanol–water partition coefficient (Wildman–Crippen LogP) is 3.23. The lowest BCUT2D eigenvalue weighted by Crippen LogP contribution is -2.52. The van der Waals surface area contributed by atoms with Crippen molar-refractivity contribution in [1.29, 1.82) is 0 Å². The molecular weight excluding hydrogens is 368 g/mol. The summed E-state index contributed by atoms with van der Waals surface area (Å²) in [7, 11) is 0. The molecule has 0 saturated carbocycles.